The molecule has 0 aliphatic carbocycles. The Morgan fingerprint density at radius 1 is 0.750 bits per heavy atom. The van der Waals surface area contributed by atoms with Crippen molar-refractivity contribution in [3.63, 3.8) is 0 Å². The van der Waals surface area contributed by atoms with Crippen LogP contribution in [-0.4, -0.2) is 6.54 Å². The van der Waals surface area contributed by atoms with Gasteiger partial charge < -0.3 is 34.4 Å². The van der Waals surface area contributed by atoms with Gasteiger partial charge in [-0.1, -0.05) is 0 Å². The molecule has 0 saturated carbocycles. The zero-order valence-corrected chi connectivity index (χ0v) is 11.1. The Labute approximate surface area is 117 Å². The van der Waals surface area contributed by atoms with E-state index in [1.807, 2.05) is 0 Å². The molecule has 0 amide bonds. The number of nitrogens with two attached hydrogens (primary N) is 6. The van der Waals surface area contributed by atoms with Gasteiger partial charge in [-0.3, -0.25) is 0 Å². The molecule has 0 radical (unpaired) electrons. The minimum absolute atomic E-state index is 0.119. The lowest BCUT2D eigenvalue weighted by Gasteiger charge is -2.32. The summed E-state index contributed by atoms with van der Waals surface area (Å²) in [5.41, 5.74) is 38.4. The highest BCUT2D eigenvalue weighted by atomic mass is 14.8. The van der Waals surface area contributed by atoms with Gasteiger partial charge in [0.1, 0.15) is 0 Å². The third kappa shape index (κ3) is 2.22. The molecule has 20 heavy (non-hydrogen) atoms. The molecular formula is C14H20N6. The van der Waals surface area contributed by atoms with Crippen LogP contribution in [0.1, 0.15) is 11.1 Å². The van der Waals surface area contributed by atoms with Gasteiger partial charge in [0.25, 0.3) is 0 Å². The Morgan fingerprint density at radius 3 is 1.50 bits per heavy atom. The van der Waals surface area contributed by atoms with Crippen LogP contribution < -0.4 is 34.4 Å². The quantitative estimate of drug-likeness (QED) is 0.437. The molecule has 6 heteroatoms. The molecule has 0 saturated heterocycles. The van der Waals surface area contributed by atoms with Gasteiger partial charge in [-0.2, -0.15) is 0 Å². The maximum atomic E-state index is 6.48. The Morgan fingerprint density at radius 2 is 1.15 bits per heavy atom. The summed E-state index contributed by atoms with van der Waals surface area (Å²) in [5.74, 6) is 0. The largest absolute Gasteiger partial charge is 0.399 e. The molecule has 2 aromatic carbocycles. The van der Waals surface area contributed by atoms with Gasteiger partial charge in [0.05, 0.1) is 5.54 Å². The average Bonchev–Trinajstić information content (AvgIpc) is 2.43. The summed E-state index contributed by atoms with van der Waals surface area (Å²) >= 11 is 0. The van der Waals surface area contributed by atoms with Crippen molar-refractivity contribution in [1.82, 2.24) is 0 Å². The molecule has 0 spiro atoms. The number of anilines is 4. The first-order chi connectivity index (χ1) is 9.38. The molecule has 0 bridgehead atoms. The maximum Gasteiger partial charge on any atom is 0.0831 e. The normalized spacial score (nSPS) is 11.5. The molecule has 0 atom stereocenters. The second-order valence-electron chi connectivity index (χ2n) is 4.87. The van der Waals surface area contributed by atoms with Crippen LogP contribution in [0.15, 0.2) is 36.4 Å². The van der Waals surface area contributed by atoms with Gasteiger partial charge in [0, 0.05) is 40.4 Å². The minimum Gasteiger partial charge on any atom is -0.399 e. The highest BCUT2D eigenvalue weighted by Crippen LogP contribution is 2.35. The van der Waals surface area contributed by atoms with E-state index in [1.54, 1.807) is 36.4 Å². The van der Waals surface area contributed by atoms with Crippen molar-refractivity contribution in [2.24, 2.45) is 11.5 Å². The van der Waals surface area contributed by atoms with Crippen molar-refractivity contribution in [2.75, 3.05) is 29.5 Å². The zero-order valence-electron chi connectivity index (χ0n) is 11.1. The smallest absolute Gasteiger partial charge is 0.0831 e. The SMILES string of the molecule is NCC(N)(c1cc(N)ccc1N)c1cc(N)ccc1N. The van der Waals surface area contributed by atoms with E-state index in [0.717, 1.165) is 0 Å². The Balaban J connectivity index is 2.70. The second-order valence-corrected chi connectivity index (χ2v) is 4.87. The average molecular weight is 272 g/mol. The predicted octanol–water partition coefficient (Wildman–Crippen LogP) is 0.176. The molecule has 2 aromatic rings. The lowest BCUT2D eigenvalue weighted by Crippen LogP contribution is -2.46. The van der Waals surface area contributed by atoms with Crippen LogP contribution >= 0.6 is 0 Å². The zero-order chi connectivity index (χ0) is 14.9. The van der Waals surface area contributed by atoms with Crippen molar-refractivity contribution < 1.29 is 0 Å². The van der Waals surface area contributed by atoms with E-state index in [1.165, 1.54) is 0 Å². The number of hydrogen-bond donors (Lipinski definition) is 6. The van der Waals surface area contributed by atoms with Gasteiger partial charge in [-0.15, -0.1) is 0 Å². The first-order valence-electron chi connectivity index (χ1n) is 6.18. The molecule has 0 heterocycles. The topological polar surface area (TPSA) is 156 Å². The molecule has 0 unspecified atom stereocenters. The predicted molar refractivity (Wildman–Crippen MR) is 84.6 cm³/mol. The third-order valence-corrected chi connectivity index (χ3v) is 3.44. The first kappa shape index (κ1) is 14.0. The van der Waals surface area contributed by atoms with E-state index in [9.17, 15) is 0 Å². The van der Waals surface area contributed by atoms with Crippen molar-refractivity contribution in [3.8, 4) is 0 Å². The van der Waals surface area contributed by atoms with E-state index in [2.05, 4.69) is 0 Å². The van der Waals surface area contributed by atoms with Crippen LogP contribution in [0.2, 0.25) is 0 Å². The standard InChI is InChI=1S/C14H20N6/c15-7-14(20,10-5-8(16)1-3-12(10)18)11-6-9(17)2-4-13(11)19/h1-6H,7,15-20H2. The van der Waals surface area contributed by atoms with Crippen LogP contribution in [0, 0.1) is 0 Å². The summed E-state index contributed by atoms with van der Waals surface area (Å²) in [7, 11) is 0. The summed E-state index contributed by atoms with van der Waals surface area (Å²) in [6.45, 7) is 0.119. The number of benzene rings is 2. The molecule has 12 N–H and O–H groups in total. The Kier molecular flexibility index (Phi) is 3.44. The van der Waals surface area contributed by atoms with Crippen LogP contribution in [0.4, 0.5) is 22.7 Å². The number of rotatable bonds is 3. The van der Waals surface area contributed by atoms with E-state index >= 15 is 0 Å². The van der Waals surface area contributed by atoms with Crippen LogP contribution in [0.5, 0.6) is 0 Å². The maximum absolute atomic E-state index is 6.48. The van der Waals surface area contributed by atoms with E-state index < -0.39 is 5.54 Å². The van der Waals surface area contributed by atoms with Gasteiger partial charge >= 0.3 is 0 Å². The lowest BCUT2D eigenvalue weighted by molar-refractivity contribution is 0.556. The monoisotopic (exact) mass is 272 g/mol. The fraction of sp³-hybridized carbons (Fsp3) is 0.143. The Hall–Kier alpha value is -2.44. The number of nitrogen functional groups attached to an aromatic ring is 4. The summed E-state index contributed by atoms with van der Waals surface area (Å²) in [6, 6.07) is 10.2. The molecule has 0 aliphatic heterocycles. The van der Waals surface area contributed by atoms with Gasteiger partial charge in [0.2, 0.25) is 0 Å². The molecule has 0 aromatic heterocycles. The molecule has 0 fully saturated rings. The summed E-state index contributed by atoms with van der Waals surface area (Å²) < 4.78 is 0. The highest BCUT2D eigenvalue weighted by Gasteiger charge is 2.32. The highest BCUT2D eigenvalue weighted by molar-refractivity contribution is 5.66. The number of hydrogen-bond acceptors (Lipinski definition) is 6. The van der Waals surface area contributed by atoms with Gasteiger partial charge in [-0.05, 0) is 36.4 Å². The van der Waals surface area contributed by atoms with Crippen molar-refractivity contribution in [1.29, 1.82) is 0 Å². The Bertz CT molecular complexity index is 586. The van der Waals surface area contributed by atoms with Crippen molar-refractivity contribution in [3.05, 3.63) is 47.5 Å². The minimum atomic E-state index is -1.04. The van der Waals surface area contributed by atoms with E-state index in [0.29, 0.717) is 33.9 Å². The molecule has 2 rings (SSSR count). The molecule has 0 aliphatic rings. The molecular weight excluding hydrogens is 252 g/mol. The summed E-state index contributed by atoms with van der Waals surface area (Å²) in [4.78, 5) is 0. The van der Waals surface area contributed by atoms with Crippen LogP contribution in [-0.2, 0) is 5.54 Å². The summed E-state index contributed by atoms with van der Waals surface area (Å²) in [5, 5.41) is 0. The van der Waals surface area contributed by atoms with Gasteiger partial charge in [-0.25, -0.2) is 0 Å². The first-order valence-corrected chi connectivity index (χ1v) is 6.18. The fourth-order valence-corrected chi connectivity index (χ4v) is 2.29. The van der Waals surface area contributed by atoms with Crippen LogP contribution in [0.25, 0.3) is 0 Å². The third-order valence-electron chi connectivity index (χ3n) is 3.44. The molecule has 6 nitrogen and oxygen atoms in total. The molecule has 106 valence electrons. The van der Waals surface area contributed by atoms with E-state index in [-0.39, 0.29) is 6.54 Å². The van der Waals surface area contributed by atoms with Gasteiger partial charge in [0.15, 0.2) is 0 Å². The lowest BCUT2D eigenvalue weighted by atomic mass is 9.81. The van der Waals surface area contributed by atoms with Crippen molar-refractivity contribution >= 4 is 22.7 Å². The van der Waals surface area contributed by atoms with Crippen molar-refractivity contribution in [2.45, 2.75) is 5.54 Å². The fourth-order valence-electron chi connectivity index (χ4n) is 2.29. The summed E-state index contributed by atoms with van der Waals surface area (Å²) in [6.07, 6.45) is 0. The second kappa shape index (κ2) is 4.92. The van der Waals surface area contributed by atoms with Crippen LogP contribution in [0.3, 0.4) is 0 Å². The van der Waals surface area contributed by atoms with E-state index in [4.69, 9.17) is 34.4 Å².